The first-order chi connectivity index (χ1) is 18.8. The standard InChI is InChI=1S/C28H27N5O4S2/c1-16-24(27(37)33(31(16)2)17-8-4-3-5-9-17)30-23(34)15-38-28-29-21-13-12-18(14-22(21)39-28)32-25(35)19-10-6-7-11-20(19)26(32)36/h3-5,8-9,12-14,19-20H,6-7,10-11,15H2,1-2H3,(H,30,34)/t19-,20-/m1/s1. The Hall–Kier alpha value is -3.70. The van der Waals surface area contributed by atoms with Crippen LogP contribution >= 0.6 is 23.1 Å². The van der Waals surface area contributed by atoms with E-state index < -0.39 is 0 Å². The summed E-state index contributed by atoms with van der Waals surface area (Å²) in [6.07, 6.45) is 3.53. The van der Waals surface area contributed by atoms with E-state index in [9.17, 15) is 19.2 Å². The highest BCUT2D eigenvalue weighted by atomic mass is 32.2. The molecule has 1 aliphatic heterocycles. The van der Waals surface area contributed by atoms with Gasteiger partial charge in [-0.15, -0.1) is 11.3 Å². The lowest BCUT2D eigenvalue weighted by Crippen LogP contribution is -2.30. The third kappa shape index (κ3) is 4.49. The summed E-state index contributed by atoms with van der Waals surface area (Å²) in [7, 11) is 1.78. The molecule has 3 amide bonds. The number of para-hydroxylation sites is 1. The number of nitrogens with one attached hydrogen (secondary N) is 1. The lowest BCUT2D eigenvalue weighted by Gasteiger charge is -2.19. The Kier molecular flexibility index (Phi) is 6.64. The molecule has 1 saturated heterocycles. The number of carbonyl (C=O) groups excluding carboxylic acids is 3. The van der Waals surface area contributed by atoms with Crippen molar-refractivity contribution in [3.05, 3.63) is 64.6 Å². The molecule has 2 atom stereocenters. The minimum Gasteiger partial charge on any atom is -0.319 e. The van der Waals surface area contributed by atoms with Gasteiger partial charge in [0.1, 0.15) is 5.69 Å². The van der Waals surface area contributed by atoms with Crippen LogP contribution in [0.25, 0.3) is 15.9 Å². The second-order valence-electron chi connectivity index (χ2n) is 9.91. The second-order valence-corrected chi connectivity index (χ2v) is 12.2. The molecule has 2 aromatic heterocycles. The smallest absolute Gasteiger partial charge is 0.295 e. The van der Waals surface area contributed by atoms with Gasteiger partial charge in [0.15, 0.2) is 4.34 Å². The zero-order valence-corrected chi connectivity index (χ0v) is 23.2. The van der Waals surface area contributed by atoms with Crippen molar-refractivity contribution < 1.29 is 14.4 Å². The number of rotatable bonds is 6. The molecule has 3 heterocycles. The Morgan fingerprint density at radius 3 is 2.41 bits per heavy atom. The average molecular weight is 562 g/mol. The summed E-state index contributed by atoms with van der Waals surface area (Å²) in [5.74, 6) is -0.805. The van der Waals surface area contributed by atoms with Gasteiger partial charge in [0, 0.05) is 7.05 Å². The van der Waals surface area contributed by atoms with Crippen molar-refractivity contribution in [3.8, 4) is 5.69 Å². The number of thiazole rings is 1. The maximum absolute atomic E-state index is 13.1. The maximum Gasteiger partial charge on any atom is 0.295 e. The number of nitrogens with zero attached hydrogens (tertiary/aromatic N) is 4. The van der Waals surface area contributed by atoms with E-state index in [0.29, 0.717) is 21.4 Å². The van der Waals surface area contributed by atoms with Gasteiger partial charge in [-0.3, -0.25) is 28.8 Å². The molecule has 1 saturated carbocycles. The van der Waals surface area contributed by atoms with E-state index in [-0.39, 0.29) is 46.6 Å². The second kappa shape index (κ2) is 10.1. The van der Waals surface area contributed by atoms with Crippen LogP contribution in [-0.4, -0.2) is 37.8 Å². The van der Waals surface area contributed by atoms with Crippen LogP contribution in [-0.2, 0) is 21.4 Å². The first-order valence-corrected chi connectivity index (χ1v) is 14.7. The fraction of sp³-hybridized carbons (Fsp3) is 0.321. The van der Waals surface area contributed by atoms with Crippen LogP contribution in [0.4, 0.5) is 11.4 Å². The Morgan fingerprint density at radius 2 is 1.72 bits per heavy atom. The summed E-state index contributed by atoms with van der Waals surface area (Å²) in [4.78, 5) is 57.8. The van der Waals surface area contributed by atoms with Crippen molar-refractivity contribution in [2.75, 3.05) is 16.0 Å². The lowest BCUT2D eigenvalue weighted by atomic mass is 9.81. The summed E-state index contributed by atoms with van der Waals surface area (Å²) in [6, 6.07) is 14.7. The maximum atomic E-state index is 13.1. The number of aromatic nitrogens is 3. The molecule has 11 heteroatoms. The molecule has 2 aliphatic rings. The minimum atomic E-state index is -0.304. The van der Waals surface area contributed by atoms with Gasteiger partial charge >= 0.3 is 0 Å². The lowest BCUT2D eigenvalue weighted by molar-refractivity contribution is -0.122. The predicted molar refractivity (Wildman–Crippen MR) is 153 cm³/mol. The van der Waals surface area contributed by atoms with E-state index in [2.05, 4.69) is 10.3 Å². The van der Waals surface area contributed by atoms with Crippen LogP contribution in [0.15, 0.2) is 57.7 Å². The number of benzene rings is 2. The predicted octanol–water partition coefficient (Wildman–Crippen LogP) is 4.50. The van der Waals surface area contributed by atoms with Gasteiger partial charge in [0.05, 0.1) is 44.9 Å². The summed E-state index contributed by atoms with van der Waals surface area (Å²) in [6.45, 7) is 1.79. The largest absolute Gasteiger partial charge is 0.319 e. The molecule has 39 heavy (non-hydrogen) atoms. The fourth-order valence-corrected chi connectivity index (χ4v) is 7.43. The molecule has 2 fully saturated rings. The molecule has 9 nitrogen and oxygen atoms in total. The van der Waals surface area contributed by atoms with Crippen molar-refractivity contribution in [3.63, 3.8) is 0 Å². The minimum absolute atomic E-state index is 0.0816. The van der Waals surface area contributed by atoms with Gasteiger partial charge in [-0.1, -0.05) is 42.8 Å². The van der Waals surface area contributed by atoms with Gasteiger partial charge in [-0.25, -0.2) is 9.67 Å². The molecule has 1 aliphatic carbocycles. The quantitative estimate of drug-likeness (QED) is 0.274. The Bertz CT molecular complexity index is 1650. The molecule has 1 N–H and O–H groups in total. The van der Waals surface area contributed by atoms with E-state index in [1.165, 1.54) is 32.7 Å². The van der Waals surface area contributed by atoms with E-state index in [1.54, 1.807) is 24.7 Å². The molecular weight excluding hydrogens is 534 g/mol. The highest BCUT2D eigenvalue weighted by Crippen LogP contribution is 2.41. The molecule has 0 radical (unpaired) electrons. The van der Waals surface area contributed by atoms with E-state index in [0.717, 1.165) is 35.9 Å². The number of imide groups is 1. The Morgan fingerprint density at radius 1 is 1.03 bits per heavy atom. The third-order valence-corrected chi connectivity index (χ3v) is 9.76. The Labute approximate surface area is 232 Å². The highest BCUT2D eigenvalue weighted by molar-refractivity contribution is 8.01. The van der Waals surface area contributed by atoms with Gasteiger partial charge in [0.25, 0.3) is 5.56 Å². The number of hydrogen-bond donors (Lipinski definition) is 1. The van der Waals surface area contributed by atoms with Crippen molar-refractivity contribution in [1.29, 1.82) is 0 Å². The molecule has 4 aromatic rings. The number of fused-ring (bicyclic) bond motifs is 2. The first kappa shape index (κ1) is 25.6. The number of carbonyl (C=O) groups is 3. The van der Waals surface area contributed by atoms with Crippen LogP contribution in [0.5, 0.6) is 0 Å². The fourth-order valence-electron chi connectivity index (χ4n) is 5.52. The molecule has 0 spiro atoms. The van der Waals surface area contributed by atoms with Crippen molar-refractivity contribution in [2.45, 2.75) is 36.9 Å². The molecule has 200 valence electrons. The average Bonchev–Trinajstić information content (AvgIpc) is 3.54. The van der Waals surface area contributed by atoms with Gasteiger partial charge in [-0.2, -0.15) is 0 Å². The summed E-state index contributed by atoms with van der Waals surface area (Å²) in [5, 5.41) is 2.78. The molecule has 0 bridgehead atoms. The van der Waals surface area contributed by atoms with Crippen molar-refractivity contribution in [2.24, 2.45) is 18.9 Å². The summed E-state index contributed by atoms with van der Waals surface area (Å²) in [5.41, 5.74) is 2.65. The number of thioether (sulfide) groups is 1. The molecule has 6 rings (SSSR count). The zero-order valence-electron chi connectivity index (χ0n) is 21.5. The monoisotopic (exact) mass is 561 g/mol. The Balaban J connectivity index is 1.16. The van der Waals surface area contributed by atoms with Crippen molar-refractivity contribution >= 4 is 62.4 Å². The van der Waals surface area contributed by atoms with Gasteiger partial charge < -0.3 is 5.32 Å². The van der Waals surface area contributed by atoms with Crippen LogP contribution in [0.3, 0.4) is 0 Å². The van der Waals surface area contributed by atoms with Crippen LogP contribution in [0.1, 0.15) is 31.4 Å². The molecule has 2 aromatic carbocycles. The molecule has 0 unspecified atom stereocenters. The van der Waals surface area contributed by atoms with Crippen LogP contribution in [0, 0.1) is 18.8 Å². The van der Waals surface area contributed by atoms with Crippen LogP contribution < -0.4 is 15.8 Å². The third-order valence-electron chi connectivity index (χ3n) is 7.60. The number of amides is 3. The van der Waals surface area contributed by atoms with Crippen molar-refractivity contribution in [1.82, 2.24) is 14.3 Å². The number of hydrogen-bond acceptors (Lipinski definition) is 7. The summed E-state index contributed by atoms with van der Waals surface area (Å²) >= 11 is 2.69. The van der Waals surface area contributed by atoms with Gasteiger partial charge in [-0.05, 0) is 50.1 Å². The normalized spacial score (nSPS) is 19.1. The highest BCUT2D eigenvalue weighted by Gasteiger charge is 2.48. The first-order valence-electron chi connectivity index (χ1n) is 12.9. The molecular formula is C28H27N5O4S2. The summed E-state index contributed by atoms with van der Waals surface area (Å²) < 4.78 is 4.77. The van der Waals surface area contributed by atoms with E-state index >= 15 is 0 Å². The number of anilines is 2. The van der Waals surface area contributed by atoms with Gasteiger partial charge in [0.2, 0.25) is 17.7 Å². The zero-order chi connectivity index (χ0) is 27.3. The topological polar surface area (TPSA) is 106 Å². The van der Waals surface area contributed by atoms with Crippen LogP contribution in [0.2, 0.25) is 0 Å². The van der Waals surface area contributed by atoms with E-state index in [4.69, 9.17) is 0 Å². The SMILES string of the molecule is Cc1c(NC(=O)CSc2nc3ccc(N4C(=O)[C@@H]5CCCC[C@H]5C4=O)cc3s2)c(=O)n(-c2ccccc2)n1C. The van der Waals surface area contributed by atoms with E-state index in [1.807, 2.05) is 42.5 Å².